The minimum Gasteiger partial charge on any atom is -0.379 e. The molecular weight excluding hydrogens is 406 g/mol. The molecule has 10 heteroatoms. The number of anilines is 1. The molecule has 2 fully saturated rings. The average molecular weight is 442 g/mol. The number of aliphatic imine (C=N–C) groups is 1. The molecule has 0 bridgehead atoms. The van der Waals surface area contributed by atoms with E-state index in [4.69, 9.17) is 9.73 Å². The molecule has 1 atom stereocenters. The molecule has 2 aliphatic rings. The number of nitrogens with one attached hydrogen (secondary N) is 2. The normalized spacial score (nSPS) is 20.0. The van der Waals surface area contributed by atoms with E-state index < -0.39 is 0 Å². The van der Waals surface area contributed by atoms with Crippen molar-refractivity contribution in [2.45, 2.75) is 32.4 Å². The first-order valence-corrected chi connectivity index (χ1v) is 11.5. The summed E-state index contributed by atoms with van der Waals surface area (Å²) in [6.07, 6.45) is 3.96. The van der Waals surface area contributed by atoms with Crippen LogP contribution in [0.5, 0.6) is 0 Å². The van der Waals surface area contributed by atoms with E-state index in [1.54, 1.807) is 0 Å². The monoisotopic (exact) mass is 441 g/mol. The van der Waals surface area contributed by atoms with Gasteiger partial charge in [0.2, 0.25) is 0 Å². The minimum absolute atomic E-state index is 0.323. The molecule has 4 rings (SSSR count). The first kappa shape index (κ1) is 22.5. The van der Waals surface area contributed by atoms with Crippen LogP contribution in [0.2, 0.25) is 0 Å². The van der Waals surface area contributed by atoms with E-state index >= 15 is 0 Å². The van der Waals surface area contributed by atoms with E-state index in [1.807, 2.05) is 36.9 Å². The van der Waals surface area contributed by atoms with Gasteiger partial charge in [0, 0.05) is 52.0 Å². The van der Waals surface area contributed by atoms with Crippen molar-refractivity contribution >= 4 is 11.8 Å². The third-order valence-corrected chi connectivity index (χ3v) is 6.11. The van der Waals surface area contributed by atoms with E-state index in [1.165, 1.54) is 0 Å². The SMILES string of the molecule is Cc1nnc(CN=C(NCCCN2CCOCC2)NC2CCN(c3ccccn3)C2)n1C. The summed E-state index contributed by atoms with van der Waals surface area (Å²) in [6.45, 7) is 10.0. The second-order valence-electron chi connectivity index (χ2n) is 8.39. The van der Waals surface area contributed by atoms with Crippen LogP contribution in [-0.4, -0.2) is 89.1 Å². The van der Waals surface area contributed by atoms with E-state index in [2.05, 4.69) is 41.7 Å². The third kappa shape index (κ3) is 6.17. The molecule has 2 aromatic rings. The molecule has 0 radical (unpaired) electrons. The Morgan fingerprint density at radius 3 is 2.84 bits per heavy atom. The van der Waals surface area contributed by atoms with Crippen molar-refractivity contribution in [3.63, 3.8) is 0 Å². The van der Waals surface area contributed by atoms with Gasteiger partial charge in [-0.2, -0.15) is 0 Å². The second kappa shape index (κ2) is 11.2. The summed E-state index contributed by atoms with van der Waals surface area (Å²) in [5, 5.41) is 15.5. The minimum atomic E-state index is 0.323. The second-order valence-corrected chi connectivity index (χ2v) is 8.39. The smallest absolute Gasteiger partial charge is 0.191 e. The van der Waals surface area contributed by atoms with Gasteiger partial charge in [-0.15, -0.1) is 10.2 Å². The molecule has 2 N–H and O–H groups in total. The number of ether oxygens (including phenoxy) is 1. The van der Waals surface area contributed by atoms with Crippen LogP contribution < -0.4 is 15.5 Å². The molecule has 0 spiro atoms. The predicted octanol–water partition coefficient (Wildman–Crippen LogP) is 0.555. The highest BCUT2D eigenvalue weighted by atomic mass is 16.5. The lowest BCUT2D eigenvalue weighted by Gasteiger charge is -2.26. The number of morpholine rings is 1. The zero-order valence-electron chi connectivity index (χ0n) is 19.2. The van der Waals surface area contributed by atoms with Gasteiger partial charge in [0.25, 0.3) is 0 Å². The van der Waals surface area contributed by atoms with Gasteiger partial charge >= 0.3 is 0 Å². The Balaban J connectivity index is 1.32. The fourth-order valence-electron chi connectivity index (χ4n) is 4.05. The molecule has 0 aromatic carbocycles. The molecule has 174 valence electrons. The summed E-state index contributed by atoms with van der Waals surface area (Å²) in [5.41, 5.74) is 0. The molecule has 32 heavy (non-hydrogen) atoms. The number of rotatable bonds is 8. The van der Waals surface area contributed by atoms with E-state index in [9.17, 15) is 0 Å². The van der Waals surface area contributed by atoms with Gasteiger partial charge in [-0.1, -0.05) is 6.07 Å². The number of aromatic nitrogens is 4. The predicted molar refractivity (Wildman–Crippen MR) is 125 cm³/mol. The summed E-state index contributed by atoms with van der Waals surface area (Å²) in [6, 6.07) is 6.38. The van der Waals surface area contributed by atoms with Crippen molar-refractivity contribution in [1.82, 2.24) is 35.3 Å². The van der Waals surface area contributed by atoms with E-state index in [0.717, 1.165) is 88.8 Å². The topological polar surface area (TPSA) is 95.7 Å². The zero-order chi connectivity index (χ0) is 22.2. The van der Waals surface area contributed by atoms with Crippen LogP contribution in [0, 0.1) is 6.92 Å². The number of nitrogens with zero attached hydrogens (tertiary/aromatic N) is 7. The molecule has 0 aliphatic carbocycles. The lowest BCUT2D eigenvalue weighted by Crippen LogP contribution is -2.45. The Kier molecular flexibility index (Phi) is 7.89. The zero-order valence-corrected chi connectivity index (χ0v) is 19.2. The van der Waals surface area contributed by atoms with Crippen LogP contribution in [0.15, 0.2) is 29.4 Å². The molecule has 2 aromatic heterocycles. The van der Waals surface area contributed by atoms with Crippen LogP contribution in [0.3, 0.4) is 0 Å². The summed E-state index contributed by atoms with van der Waals surface area (Å²) in [4.78, 5) is 14.1. The highest BCUT2D eigenvalue weighted by Crippen LogP contribution is 2.17. The number of hydrogen-bond acceptors (Lipinski definition) is 7. The van der Waals surface area contributed by atoms with Crippen LogP contribution in [-0.2, 0) is 18.3 Å². The summed E-state index contributed by atoms with van der Waals surface area (Å²) in [7, 11) is 1.98. The first-order chi connectivity index (χ1) is 15.7. The van der Waals surface area contributed by atoms with Gasteiger partial charge < -0.3 is 24.8 Å². The average Bonchev–Trinajstić information content (AvgIpc) is 3.43. The Morgan fingerprint density at radius 1 is 1.22 bits per heavy atom. The van der Waals surface area contributed by atoms with E-state index in [-0.39, 0.29) is 0 Å². The van der Waals surface area contributed by atoms with Gasteiger partial charge in [0.15, 0.2) is 11.8 Å². The fourth-order valence-corrected chi connectivity index (χ4v) is 4.05. The van der Waals surface area contributed by atoms with Crippen molar-refractivity contribution < 1.29 is 4.74 Å². The van der Waals surface area contributed by atoms with E-state index in [0.29, 0.717) is 12.6 Å². The van der Waals surface area contributed by atoms with Gasteiger partial charge in [0.1, 0.15) is 18.2 Å². The Morgan fingerprint density at radius 2 is 2.09 bits per heavy atom. The van der Waals surface area contributed by atoms with Crippen molar-refractivity contribution in [3.8, 4) is 0 Å². The van der Waals surface area contributed by atoms with Crippen molar-refractivity contribution in [1.29, 1.82) is 0 Å². The lowest BCUT2D eigenvalue weighted by molar-refractivity contribution is 0.0376. The molecule has 10 nitrogen and oxygen atoms in total. The summed E-state index contributed by atoms with van der Waals surface area (Å²) >= 11 is 0. The quantitative estimate of drug-likeness (QED) is 0.349. The Labute approximate surface area is 190 Å². The molecule has 2 saturated heterocycles. The Hall–Kier alpha value is -2.72. The van der Waals surface area contributed by atoms with Gasteiger partial charge in [-0.25, -0.2) is 9.98 Å². The standard InChI is InChI=1S/C22H35N9O/c1-18-27-28-21(29(18)2)16-25-22(24-9-5-10-30-12-14-32-15-13-30)26-19-7-11-31(17-19)20-6-3-4-8-23-20/h3-4,6,8,19H,5,7,9-17H2,1-2H3,(H2,24,25,26). The van der Waals surface area contributed by atoms with Crippen molar-refractivity contribution in [2.24, 2.45) is 12.0 Å². The number of aryl methyl sites for hydroxylation is 1. The fraction of sp³-hybridized carbons (Fsp3) is 0.636. The van der Waals surface area contributed by atoms with Crippen LogP contribution in [0.4, 0.5) is 5.82 Å². The first-order valence-electron chi connectivity index (χ1n) is 11.5. The molecule has 1 unspecified atom stereocenters. The van der Waals surface area contributed by atoms with Crippen LogP contribution in [0.1, 0.15) is 24.5 Å². The molecule has 4 heterocycles. The number of pyridine rings is 1. The molecule has 2 aliphatic heterocycles. The maximum absolute atomic E-state index is 5.44. The van der Waals surface area contributed by atoms with Gasteiger partial charge in [-0.05, 0) is 38.4 Å². The maximum atomic E-state index is 5.44. The van der Waals surface area contributed by atoms with Gasteiger partial charge in [-0.3, -0.25) is 4.90 Å². The van der Waals surface area contributed by atoms with Crippen LogP contribution >= 0.6 is 0 Å². The third-order valence-electron chi connectivity index (χ3n) is 6.11. The molecular formula is C22H35N9O. The van der Waals surface area contributed by atoms with Crippen LogP contribution in [0.25, 0.3) is 0 Å². The summed E-state index contributed by atoms with van der Waals surface area (Å²) < 4.78 is 7.42. The highest BCUT2D eigenvalue weighted by Gasteiger charge is 2.24. The highest BCUT2D eigenvalue weighted by molar-refractivity contribution is 5.80. The van der Waals surface area contributed by atoms with Crippen molar-refractivity contribution in [2.75, 3.05) is 57.4 Å². The largest absolute Gasteiger partial charge is 0.379 e. The van der Waals surface area contributed by atoms with Crippen molar-refractivity contribution in [3.05, 3.63) is 36.0 Å². The maximum Gasteiger partial charge on any atom is 0.191 e. The summed E-state index contributed by atoms with van der Waals surface area (Å²) in [5.74, 6) is 3.62. The number of hydrogen-bond donors (Lipinski definition) is 2. The lowest BCUT2D eigenvalue weighted by atomic mass is 10.3. The molecule has 0 saturated carbocycles. The molecule has 0 amide bonds. The van der Waals surface area contributed by atoms with Gasteiger partial charge in [0.05, 0.1) is 13.2 Å². The Bertz CT molecular complexity index is 864. The number of guanidine groups is 1.